The fourth-order valence-corrected chi connectivity index (χ4v) is 2.41. The summed E-state index contributed by atoms with van der Waals surface area (Å²) in [7, 11) is 0. The first kappa shape index (κ1) is 9.48. The van der Waals surface area contributed by atoms with Crippen LogP contribution in [-0.2, 0) is 0 Å². The number of thiophene rings is 1. The molecule has 0 unspecified atom stereocenters. The van der Waals surface area contributed by atoms with Crippen LogP contribution in [-0.4, -0.2) is 9.97 Å². The summed E-state index contributed by atoms with van der Waals surface area (Å²) in [5.41, 5.74) is 2.05. The van der Waals surface area contributed by atoms with Gasteiger partial charge in [0.15, 0.2) is 5.82 Å². The molecule has 0 aliphatic rings. The number of aromatic nitrogens is 2. The van der Waals surface area contributed by atoms with Crippen LogP contribution in [0.3, 0.4) is 0 Å². The van der Waals surface area contributed by atoms with Crippen LogP contribution in [0.4, 0.5) is 0 Å². The van der Waals surface area contributed by atoms with Crippen molar-refractivity contribution in [2.75, 3.05) is 0 Å². The lowest BCUT2D eigenvalue weighted by atomic mass is 10.2. The van der Waals surface area contributed by atoms with Gasteiger partial charge in [-0.15, -0.1) is 11.3 Å². The smallest absolute Gasteiger partial charge is 0.170 e. The standard InChI is InChI=1S/C13H10N2S/c1-9-10-5-2-3-6-11(10)15-13(14-9)12-7-4-8-16-12/h2-8H,1H3. The van der Waals surface area contributed by atoms with Gasteiger partial charge in [-0.1, -0.05) is 24.3 Å². The van der Waals surface area contributed by atoms with E-state index in [0.29, 0.717) is 0 Å². The number of rotatable bonds is 1. The summed E-state index contributed by atoms with van der Waals surface area (Å²) >= 11 is 1.67. The monoisotopic (exact) mass is 226 g/mol. The van der Waals surface area contributed by atoms with Crippen molar-refractivity contribution in [3.63, 3.8) is 0 Å². The van der Waals surface area contributed by atoms with Crippen LogP contribution in [0.2, 0.25) is 0 Å². The summed E-state index contributed by atoms with van der Waals surface area (Å²) in [6.07, 6.45) is 0. The molecular formula is C13H10N2S. The molecule has 0 aliphatic carbocycles. The molecule has 2 heterocycles. The Morgan fingerprint density at radius 3 is 2.69 bits per heavy atom. The Morgan fingerprint density at radius 2 is 1.88 bits per heavy atom. The number of hydrogen-bond acceptors (Lipinski definition) is 3. The molecule has 2 nitrogen and oxygen atoms in total. The van der Waals surface area contributed by atoms with Crippen LogP contribution in [0, 0.1) is 6.92 Å². The Bertz CT molecular complexity index is 629. The molecule has 0 saturated heterocycles. The van der Waals surface area contributed by atoms with Crippen molar-refractivity contribution in [1.82, 2.24) is 9.97 Å². The maximum Gasteiger partial charge on any atom is 0.170 e. The van der Waals surface area contributed by atoms with Crippen LogP contribution in [0.15, 0.2) is 41.8 Å². The van der Waals surface area contributed by atoms with Gasteiger partial charge in [0.2, 0.25) is 0 Å². The van der Waals surface area contributed by atoms with Gasteiger partial charge in [0.1, 0.15) is 0 Å². The number of para-hydroxylation sites is 1. The van der Waals surface area contributed by atoms with E-state index < -0.39 is 0 Å². The Balaban J connectivity index is 2.29. The minimum atomic E-state index is 0.825. The van der Waals surface area contributed by atoms with E-state index in [0.717, 1.165) is 27.3 Å². The highest BCUT2D eigenvalue weighted by molar-refractivity contribution is 7.13. The van der Waals surface area contributed by atoms with Gasteiger partial charge < -0.3 is 0 Å². The normalized spacial score (nSPS) is 10.8. The predicted octanol–water partition coefficient (Wildman–Crippen LogP) is 3.67. The molecule has 0 bridgehead atoms. The molecule has 0 aliphatic heterocycles. The fraction of sp³-hybridized carbons (Fsp3) is 0.0769. The van der Waals surface area contributed by atoms with Gasteiger partial charge in [-0.25, -0.2) is 9.97 Å². The molecule has 0 atom stereocenters. The van der Waals surface area contributed by atoms with E-state index in [-0.39, 0.29) is 0 Å². The first-order valence-electron chi connectivity index (χ1n) is 5.12. The molecule has 78 valence electrons. The van der Waals surface area contributed by atoms with Crippen LogP contribution >= 0.6 is 11.3 Å². The topological polar surface area (TPSA) is 25.8 Å². The zero-order valence-corrected chi connectivity index (χ0v) is 9.66. The third-order valence-electron chi connectivity index (χ3n) is 2.54. The number of fused-ring (bicyclic) bond motifs is 1. The molecular weight excluding hydrogens is 216 g/mol. The Morgan fingerprint density at radius 1 is 1.00 bits per heavy atom. The van der Waals surface area contributed by atoms with Gasteiger partial charge in [-0.3, -0.25) is 0 Å². The highest BCUT2D eigenvalue weighted by atomic mass is 32.1. The lowest BCUT2D eigenvalue weighted by molar-refractivity contribution is 1.17. The number of aryl methyl sites for hydroxylation is 1. The minimum absolute atomic E-state index is 0.825. The maximum absolute atomic E-state index is 4.58. The van der Waals surface area contributed by atoms with Crippen molar-refractivity contribution in [3.8, 4) is 10.7 Å². The molecule has 0 saturated carbocycles. The summed E-state index contributed by atoms with van der Waals surface area (Å²) in [6, 6.07) is 12.2. The molecule has 2 aromatic heterocycles. The highest BCUT2D eigenvalue weighted by Gasteiger charge is 2.06. The molecule has 0 radical (unpaired) electrons. The molecule has 3 heteroatoms. The zero-order chi connectivity index (χ0) is 11.0. The molecule has 0 N–H and O–H groups in total. The number of nitrogens with zero attached hydrogens (tertiary/aromatic N) is 2. The average molecular weight is 226 g/mol. The second-order valence-electron chi connectivity index (χ2n) is 3.63. The molecule has 1 aromatic carbocycles. The SMILES string of the molecule is Cc1nc(-c2cccs2)nc2ccccc12. The average Bonchev–Trinajstić information content (AvgIpc) is 2.82. The van der Waals surface area contributed by atoms with Gasteiger partial charge in [-0.2, -0.15) is 0 Å². The second kappa shape index (κ2) is 3.68. The Kier molecular flexibility index (Phi) is 2.18. The quantitative estimate of drug-likeness (QED) is 0.632. The van der Waals surface area contributed by atoms with Crippen LogP contribution in [0.1, 0.15) is 5.69 Å². The van der Waals surface area contributed by atoms with Gasteiger partial charge in [0, 0.05) is 11.1 Å². The van der Waals surface area contributed by atoms with Gasteiger partial charge in [0.05, 0.1) is 10.4 Å². The van der Waals surface area contributed by atoms with Crippen molar-refractivity contribution in [2.45, 2.75) is 6.92 Å². The molecule has 0 amide bonds. The van der Waals surface area contributed by atoms with E-state index in [1.54, 1.807) is 11.3 Å². The van der Waals surface area contributed by atoms with Crippen molar-refractivity contribution >= 4 is 22.2 Å². The number of benzene rings is 1. The zero-order valence-electron chi connectivity index (χ0n) is 8.84. The summed E-state index contributed by atoms with van der Waals surface area (Å²) in [5, 5.41) is 3.17. The fourth-order valence-electron chi connectivity index (χ4n) is 1.75. The molecule has 0 fully saturated rings. The predicted molar refractivity (Wildman–Crippen MR) is 67.6 cm³/mol. The van der Waals surface area contributed by atoms with Crippen molar-refractivity contribution < 1.29 is 0 Å². The van der Waals surface area contributed by atoms with Crippen molar-refractivity contribution in [3.05, 3.63) is 47.5 Å². The first-order chi connectivity index (χ1) is 7.84. The lowest BCUT2D eigenvalue weighted by Gasteiger charge is -2.03. The summed E-state index contributed by atoms with van der Waals surface area (Å²) in [5.74, 6) is 0.825. The third kappa shape index (κ3) is 1.49. The van der Waals surface area contributed by atoms with E-state index in [2.05, 4.69) is 16.0 Å². The largest absolute Gasteiger partial charge is 0.232 e. The van der Waals surface area contributed by atoms with Gasteiger partial charge in [-0.05, 0) is 24.4 Å². The highest BCUT2D eigenvalue weighted by Crippen LogP contribution is 2.24. The van der Waals surface area contributed by atoms with E-state index in [9.17, 15) is 0 Å². The Labute approximate surface area is 97.6 Å². The summed E-state index contributed by atoms with van der Waals surface area (Å²) in [4.78, 5) is 10.2. The molecule has 3 rings (SSSR count). The Hall–Kier alpha value is -1.74. The number of hydrogen-bond donors (Lipinski definition) is 0. The summed E-state index contributed by atoms with van der Waals surface area (Å²) < 4.78 is 0. The van der Waals surface area contributed by atoms with E-state index in [4.69, 9.17) is 0 Å². The molecule has 0 spiro atoms. The van der Waals surface area contributed by atoms with E-state index in [1.807, 2.05) is 42.6 Å². The van der Waals surface area contributed by atoms with Crippen molar-refractivity contribution in [1.29, 1.82) is 0 Å². The molecule has 3 aromatic rings. The third-order valence-corrected chi connectivity index (χ3v) is 3.40. The minimum Gasteiger partial charge on any atom is -0.232 e. The first-order valence-corrected chi connectivity index (χ1v) is 6.00. The van der Waals surface area contributed by atoms with Crippen LogP contribution < -0.4 is 0 Å². The molecule has 16 heavy (non-hydrogen) atoms. The van der Waals surface area contributed by atoms with Gasteiger partial charge >= 0.3 is 0 Å². The van der Waals surface area contributed by atoms with E-state index >= 15 is 0 Å². The van der Waals surface area contributed by atoms with E-state index in [1.165, 1.54) is 0 Å². The van der Waals surface area contributed by atoms with Crippen molar-refractivity contribution in [2.24, 2.45) is 0 Å². The summed E-state index contributed by atoms with van der Waals surface area (Å²) in [6.45, 7) is 2.03. The lowest BCUT2D eigenvalue weighted by Crippen LogP contribution is -1.92. The second-order valence-corrected chi connectivity index (χ2v) is 4.57. The van der Waals surface area contributed by atoms with Crippen LogP contribution in [0.5, 0.6) is 0 Å². The van der Waals surface area contributed by atoms with Gasteiger partial charge in [0.25, 0.3) is 0 Å². The maximum atomic E-state index is 4.58. The van der Waals surface area contributed by atoms with Crippen LogP contribution in [0.25, 0.3) is 21.6 Å².